The van der Waals surface area contributed by atoms with Crippen LogP contribution in [0, 0.1) is 3.57 Å². The highest BCUT2D eigenvalue weighted by Crippen LogP contribution is 2.31. The molecule has 2 rings (SSSR count). The lowest BCUT2D eigenvalue weighted by molar-refractivity contribution is 0.530. The van der Waals surface area contributed by atoms with E-state index < -0.39 is 0 Å². The van der Waals surface area contributed by atoms with Crippen LogP contribution < -0.4 is 5.32 Å². The van der Waals surface area contributed by atoms with Crippen molar-refractivity contribution in [3.8, 4) is 0 Å². The molecule has 0 bridgehead atoms. The average molecular weight is 529 g/mol. The van der Waals surface area contributed by atoms with Gasteiger partial charge in [0.2, 0.25) is 0 Å². The highest BCUT2D eigenvalue weighted by molar-refractivity contribution is 14.1. The summed E-state index contributed by atoms with van der Waals surface area (Å²) in [5.74, 6) is 0. The summed E-state index contributed by atoms with van der Waals surface area (Å²) < 4.78 is 3.65. The number of rotatable bonds is 6. The Morgan fingerprint density at radius 3 is 2.70 bits per heavy atom. The molecule has 0 spiro atoms. The van der Waals surface area contributed by atoms with Gasteiger partial charge in [-0.25, -0.2) is 0 Å². The Morgan fingerprint density at radius 2 is 2.05 bits per heavy atom. The van der Waals surface area contributed by atoms with Crippen LogP contribution in [0.5, 0.6) is 0 Å². The van der Waals surface area contributed by atoms with Crippen molar-refractivity contribution in [3.63, 3.8) is 0 Å². The molecule has 1 unspecified atom stereocenters. The summed E-state index contributed by atoms with van der Waals surface area (Å²) in [5, 5.41) is 3.67. The molecule has 1 atom stereocenters. The standard InChI is InChI=1S/C15H16Br2INS/c1-2-7-19-14(9-11-4-6-15(17)20-11)12-8-10(18)3-5-13(12)16/h3-6,8,14,19H,2,7,9H2,1H3. The molecule has 1 nitrogen and oxygen atoms in total. The maximum Gasteiger partial charge on any atom is 0.0701 e. The average Bonchev–Trinajstić information content (AvgIpc) is 2.83. The molecule has 20 heavy (non-hydrogen) atoms. The van der Waals surface area contributed by atoms with Crippen LogP contribution in [0.3, 0.4) is 0 Å². The molecular formula is C15H16Br2INS. The first kappa shape index (κ1) is 16.9. The van der Waals surface area contributed by atoms with Crippen LogP contribution in [0.25, 0.3) is 0 Å². The summed E-state index contributed by atoms with van der Waals surface area (Å²) >= 11 is 11.4. The topological polar surface area (TPSA) is 12.0 Å². The van der Waals surface area contributed by atoms with Crippen molar-refractivity contribution in [2.24, 2.45) is 0 Å². The molecule has 0 amide bonds. The molecule has 1 N–H and O–H groups in total. The van der Waals surface area contributed by atoms with E-state index in [1.54, 1.807) is 0 Å². The van der Waals surface area contributed by atoms with Crippen LogP contribution >= 0.6 is 65.8 Å². The van der Waals surface area contributed by atoms with Gasteiger partial charge in [-0.2, -0.15) is 0 Å². The van der Waals surface area contributed by atoms with Crippen LogP contribution in [0.15, 0.2) is 38.6 Å². The molecular weight excluding hydrogens is 513 g/mol. The van der Waals surface area contributed by atoms with Crippen LogP contribution in [-0.4, -0.2) is 6.54 Å². The predicted molar refractivity (Wildman–Crippen MR) is 104 cm³/mol. The third-order valence-electron chi connectivity index (χ3n) is 3.01. The van der Waals surface area contributed by atoms with E-state index in [9.17, 15) is 0 Å². The highest BCUT2D eigenvalue weighted by atomic mass is 127. The van der Waals surface area contributed by atoms with Crippen molar-refractivity contribution in [1.29, 1.82) is 0 Å². The molecule has 0 aliphatic heterocycles. The molecule has 2 aromatic rings. The molecule has 5 heteroatoms. The van der Waals surface area contributed by atoms with E-state index in [1.807, 2.05) is 11.3 Å². The van der Waals surface area contributed by atoms with E-state index in [2.05, 4.69) is 97.0 Å². The Bertz CT molecular complexity index is 571. The monoisotopic (exact) mass is 527 g/mol. The Hall–Kier alpha value is 0.570. The molecule has 1 aromatic carbocycles. The molecule has 0 fully saturated rings. The number of halogens is 3. The second-order valence-corrected chi connectivity index (χ2v) is 9.23. The predicted octanol–water partition coefficient (Wildman–Crippen LogP) is 6.16. The third kappa shape index (κ3) is 4.80. The lowest BCUT2D eigenvalue weighted by Crippen LogP contribution is -2.24. The van der Waals surface area contributed by atoms with Gasteiger partial charge in [0.25, 0.3) is 0 Å². The normalized spacial score (nSPS) is 12.6. The lowest BCUT2D eigenvalue weighted by atomic mass is 10.0. The summed E-state index contributed by atoms with van der Waals surface area (Å²) in [5.41, 5.74) is 1.34. The number of thiophene rings is 1. The van der Waals surface area contributed by atoms with Crippen LogP contribution in [0.1, 0.15) is 29.8 Å². The Balaban J connectivity index is 2.24. The minimum Gasteiger partial charge on any atom is -0.310 e. The van der Waals surface area contributed by atoms with Gasteiger partial charge in [-0.05, 0) is 87.4 Å². The first-order valence-electron chi connectivity index (χ1n) is 6.52. The minimum absolute atomic E-state index is 0.351. The van der Waals surface area contributed by atoms with Crippen molar-refractivity contribution >= 4 is 65.8 Å². The zero-order valence-electron chi connectivity index (χ0n) is 11.1. The molecule has 1 aromatic heterocycles. The number of benzene rings is 1. The lowest BCUT2D eigenvalue weighted by Gasteiger charge is -2.20. The van der Waals surface area contributed by atoms with Gasteiger partial charge in [0.15, 0.2) is 0 Å². The van der Waals surface area contributed by atoms with E-state index in [-0.39, 0.29) is 0 Å². The van der Waals surface area contributed by atoms with Crippen LogP contribution in [0.4, 0.5) is 0 Å². The SMILES string of the molecule is CCCNC(Cc1ccc(Br)s1)c1cc(I)ccc1Br. The van der Waals surface area contributed by atoms with Crippen molar-refractivity contribution in [3.05, 3.63) is 52.6 Å². The van der Waals surface area contributed by atoms with Gasteiger partial charge in [-0.1, -0.05) is 22.9 Å². The Labute approximate surface area is 155 Å². The minimum atomic E-state index is 0.351. The van der Waals surface area contributed by atoms with E-state index in [0.29, 0.717) is 6.04 Å². The van der Waals surface area contributed by atoms with Crippen molar-refractivity contribution < 1.29 is 0 Å². The van der Waals surface area contributed by atoms with Crippen LogP contribution in [-0.2, 0) is 6.42 Å². The van der Waals surface area contributed by atoms with Crippen molar-refractivity contribution in [2.45, 2.75) is 25.8 Å². The van der Waals surface area contributed by atoms with Gasteiger partial charge >= 0.3 is 0 Å². The Kier molecular flexibility index (Phi) is 7.00. The van der Waals surface area contributed by atoms with Gasteiger partial charge in [-0.3, -0.25) is 0 Å². The molecule has 0 saturated carbocycles. The second-order valence-electron chi connectivity index (χ2n) is 4.58. The van der Waals surface area contributed by atoms with Gasteiger partial charge in [0.1, 0.15) is 0 Å². The zero-order chi connectivity index (χ0) is 14.5. The largest absolute Gasteiger partial charge is 0.310 e. The summed E-state index contributed by atoms with van der Waals surface area (Å²) in [6.45, 7) is 3.24. The summed E-state index contributed by atoms with van der Waals surface area (Å²) in [4.78, 5) is 1.40. The number of hydrogen-bond acceptors (Lipinski definition) is 2. The van der Waals surface area contributed by atoms with E-state index >= 15 is 0 Å². The number of hydrogen-bond donors (Lipinski definition) is 1. The summed E-state index contributed by atoms with van der Waals surface area (Å²) in [6.07, 6.45) is 2.17. The molecule has 1 heterocycles. The van der Waals surface area contributed by atoms with Gasteiger partial charge in [0, 0.05) is 25.4 Å². The second kappa shape index (κ2) is 8.27. The van der Waals surface area contributed by atoms with E-state index in [0.717, 1.165) is 19.4 Å². The smallest absolute Gasteiger partial charge is 0.0701 e. The molecule has 108 valence electrons. The van der Waals surface area contributed by atoms with Gasteiger partial charge in [0.05, 0.1) is 3.79 Å². The van der Waals surface area contributed by atoms with E-state index in [1.165, 1.54) is 22.3 Å². The number of nitrogens with one attached hydrogen (secondary N) is 1. The van der Waals surface area contributed by atoms with E-state index in [4.69, 9.17) is 0 Å². The third-order valence-corrected chi connectivity index (χ3v) is 6.05. The fourth-order valence-corrected chi connectivity index (χ4v) is 4.62. The molecule has 0 aliphatic carbocycles. The van der Waals surface area contributed by atoms with Gasteiger partial charge < -0.3 is 5.32 Å². The molecule has 0 aliphatic rings. The fourth-order valence-electron chi connectivity index (χ4n) is 2.05. The van der Waals surface area contributed by atoms with Crippen molar-refractivity contribution in [1.82, 2.24) is 5.32 Å². The fraction of sp³-hybridized carbons (Fsp3) is 0.333. The Morgan fingerprint density at radius 1 is 1.25 bits per heavy atom. The van der Waals surface area contributed by atoms with Gasteiger partial charge in [-0.15, -0.1) is 11.3 Å². The zero-order valence-corrected chi connectivity index (χ0v) is 17.3. The molecule has 0 radical (unpaired) electrons. The first-order valence-corrected chi connectivity index (χ1v) is 10.0. The first-order chi connectivity index (χ1) is 9.60. The van der Waals surface area contributed by atoms with Crippen LogP contribution in [0.2, 0.25) is 0 Å². The highest BCUT2D eigenvalue weighted by Gasteiger charge is 2.16. The quantitative estimate of drug-likeness (QED) is 0.443. The summed E-state index contributed by atoms with van der Waals surface area (Å²) in [6, 6.07) is 11.2. The summed E-state index contributed by atoms with van der Waals surface area (Å²) in [7, 11) is 0. The maximum atomic E-state index is 3.69. The maximum absolute atomic E-state index is 3.69. The van der Waals surface area contributed by atoms with Crippen molar-refractivity contribution in [2.75, 3.05) is 6.54 Å². The molecule has 0 saturated heterocycles.